The molecule has 6 heteroatoms. The number of methoxy groups -OCH3 is 1. The van der Waals surface area contributed by atoms with E-state index < -0.39 is 13.7 Å². The number of carbonyl (C=O) groups excluding carboxylic acids is 2. The Hall–Kier alpha value is -0.883. The van der Waals surface area contributed by atoms with E-state index in [9.17, 15) is 9.59 Å². The number of amides is 1. The number of hydrogen-bond acceptors (Lipinski definition) is 4. The molecule has 132 valence electrons. The largest absolute Gasteiger partial charge is 0.468 e. The molecule has 2 fully saturated rings. The van der Waals surface area contributed by atoms with Crippen LogP contribution in [0.4, 0.5) is 0 Å². The summed E-state index contributed by atoms with van der Waals surface area (Å²) in [5.41, 5.74) is -0.873. The van der Waals surface area contributed by atoms with Crippen LogP contribution in [0.15, 0.2) is 0 Å². The van der Waals surface area contributed by atoms with Gasteiger partial charge in [-0.15, -0.1) is 0 Å². The predicted octanol–water partition coefficient (Wildman–Crippen LogP) is 2.95. The molecule has 0 N–H and O–H groups in total. The molecule has 0 spiro atoms. The first-order chi connectivity index (χ1) is 10.5. The molecule has 0 aromatic heterocycles. The average molecular weight is 342 g/mol. The van der Waals surface area contributed by atoms with Gasteiger partial charge in [-0.05, 0) is 43.8 Å². The fourth-order valence-electron chi connectivity index (χ4n) is 2.90. The highest BCUT2D eigenvalue weighted by molar-refractivity contribution is 6.74. The van der Waals surface area contributed by atoms with Crippen molar-refractivity contribution in [1.82, 2.24) is 4.90 Å². The lowest BCUT2D eigenvalue weighted by Gasteiger charge is -2.42. The van der Waals surface area contributed by atoms with Gasteiger partial charge in [0, 0.05) is 19.2 Å². The minimum Gasteiger partial charge on any atom is -0.468 e. The standard InChI is InChI=1S/C17H31NO4Si/c1-16(2,3)23(5,6)22-13-7-11-18(12-8-13)14(19)17(9-10-17)15(20)21-4/h13H,7-12H2,1-6H3. The van der Waals surface area contributed by atoms with E-state index >= 15 is 0 Å². The van der Waals surface area contributed by atoms with E-state index in [0.29, 0.717) is 25.9 Å². The third kappa shape index (κ3) is 3.63. The third-order valence-electron chi connectivity index (χ3n) is 5.73. The first-order valence-corrected chi connectivity index (χ1v) is 11.5. The van der Waals surface area contributed by atoms with Crippen LogP contribution in [0, 0.1) is 5.41 Å². The topological polar surface area (TPSA) is 55.8 Å². The quantitative estimate of drug-likeness (QED) is 0.448. The molecular weight excluding hydrogens is 310 g/mol. The summed E-state index contributed by atoms with van der Waals surface area (Å²) < 4.78 is 11.3. The van der Waals surface area contributed by atoms with Crippen molar-refractivity contribution in [3.63, 3.8) is 0 Å². The van der Waals surface area contributed by atoms with Gasteiger partial charge in [0.05, 0.1) is 7.11 Å². The van der Waals surface area contributed by atoms with Crippen molar-refractivity contribution in [2.45, 2.75) is 70.7 Å². The van der Waals surface area contributed by atoms with Crippen LogP contribution in [-0.4, -0.2) is 51.4 Å². The Bertz CT molecular complexity index is 471. The molecule has 2 rings (SSSR count). The molecule has 0 radical (unpaired) electrons. The summed E-state index contributed by atoms with van der Waals surface area (Å²) in [6, 6.07) is 0. The highest BCUT2D eigenvalue weighted by Gasteiger charge is 2.59. The van der Waals surface area contributed by atoms with E-state index in [0.717, 1.165) is 12.8 Å². The summed E-state index contributed by atoms with van der Waals surface area (Å²) >= 11 is 0. The van der Waals surface area contributed by atoms with Crippen LogP contribution in [0.5, 0.6) is 0 Å². The van der Waals surface area contributed by atoms with Crippen molar-refractivity contribution in [3.05, 3.63) is 0 Å². The summed E-state index contributed by atoms with van der Waals surface area (Å²) in [7, 11) is -0.411. The molecule has 1 saturated heterocycles. The number of piperidine rings is 1. The lowest BCUT2D eigenvalue weighted by molar-refractivity contribution is -0.156. The van der Waals surface area contributed by atoms with Gasteiger partial charge in [-0.1, -0.05) is 20.8 Å². The summed E-state index contributed by atoms with van der Waals surface area (Å²) in [4.78, 5) is 26.3. The number of esters is 1. The second kappa shape index (κ2) is 6.20. The maximum absolute atomic E-state index is 12.6. The van der Waals surface area contributed by atoms with Crippen LogP contribution < -0.4 is 0 Å². The van der Waals surface area contributed by atoms with Crippen molar-refractivity contribution in [1.29, 1.82) is 0 Å². The zero-order chi connectivity index (χ0) is 17.5. The molecule has 0 atom stereocenters. The van der Waals surface area contributed by atoms with Crippen molar-refractivity contribution in [2.24, 2.45) is 5.41 Å². The van der Waals surface area contributed by atoms with Gasteiger partial charge in [0.15, 0.2) is 8.32 Å². The molecule has 0 unspecified atom stereocenters. The second-order valence-corrected chi connectivity index (χ2v) is 13.2. The van der Waals surface area contributed by atoms with Crippen LogP contribution in [0.1, 0.15) is 46.5 Å². The lowest BCUT2D eigenvalue weighted by atomic mass is 10.0. The first kappa shape index (κ1) is 18.5. The number of nitrogens with zero attached hydrogens (tertiary/aromatic N) is 1. The smallest absolute Gasteiger partial charge is 0.321 e. The summed E-state index contributed by atoms with van der Waals surface area (Å²) in [6.07, 6.45) is 3.19. The molecule has 1 heterocycles. The van der Waals surface area contributed by atoms with E-state index in [1.807, 2.05) is 4.90 Å². The molecule has 2 aliphatic rings. The Labute approximate surface area is 140 Å². The van der Waals surface area contributed by atoms with Gasteiger partial charge in [-0.2, -0.15) is 0 Å². The SMILES string of the molecule is COC(=O)C1(C(=O)N2CCC(O[Si](C)(C)C(C)(C)C)CC2)CC1. The molecule has 1 saturated carbocycles. The van der Waals surface area contributed by atoms with Crippen LogP contribution in [0.25, 0.3) is 0 Å². The molecule has 0 aromatic carbocycles. The third-order valence-corrected chi connectivity index (χ3v) is 10.3. The molecule has 5 nitrogen and oxygen atoms in total. The Morgan fingerprint density at radius 1 is 1.13 bits per heavy atom. The van der Waals surface area contributed by atoms with Gasteiger partial charge in [0.25, 0.3) is 0 Å². The van der Waals surface area contributed by atoms with Gasteiger partial charge in [0.1, 0.15) is 5.41 Å². The maximum atomic E-state index is 12.6. The number of hydrogen-bond donors (Lipinski definition) is 0. The zero-order valence-electron chi connectivity index (χ0n) is 15.4. The molecule has 0 bridgehead atoms. The zero-order valence-corrected chi connectivity index (χ0v) is 16.4. The van der Waals surface area contributed by atoms with Crippen LogP contribution >= 0.6 is 0 Å². The Morgan fingerprint density at radius 3 is 2.04 bits per heavy atom. The molecule has 23 heavy (non-hydrogen) atoms. The van der Waals surface area contributed by atoms with E-state index in [1.165, 1.54) is 7.11 Å². The predicted molar refractivity (Wildman–Crippen MR) is 91.6 cm³/mol. The minimum absolute atomic E-state index is 0.0462. The maximum Gasteiger partial charge on any atom is 0.321 e. The van der Waals surface area contributed by atoms with Gasteiger partial charge < -0.3 is 14.1 Å². The molecule has 1 aliphatic heterocycles. The molecule has 1 aliphatic carbocycles. The normalized spacial score (nSPS) is 21.9. The van der Waals surface area contributed by atoms with Crippen molar-refractivity contribution in [3.8, 4) is 0 Å². The molecular formula is C17H31NO4Si. The van der Waals surface area contributed by atoms with E-state index in [-0.39, 0.29) is 23.0 Å². The number of likely N-dealkylation sites (tertiary alicyclic amines) is 1. The van der Waals surface area contributed by atoms with Crippen LogP contribution in [0.3, 0.4) is 0 Å². The van der Waals surface area contributed by atoms with E-state index in [2.05, 4.69) is 33.9 Å². The van der Waals surface area contributed by atoms with Crippen LogP contribution in [-0.2, 0) is 18.8 Å². The summed E-state index contributed by atoms with van der Waals surface area (Å²) in [5, 5.41) is 0.197. The van der Waals surface area contributed by atoms with Gasteiger partial charge >= 0.3 is 5.97 Å². The van der Waals surface area contributed by atoms with Crippen molar-refractivity contribution >= 4 is 20.2 Å². The summed E-state index contributed by atoms with van der Waals surface area (Å²) in [5.74, 6) is -0.419. The monoisotopic (exact) mass is 341 g/mol. The van der Waals surface area contributed by atoms with E-state index in [4.69, 9.17) is 9.16 Å². The van der Waals surface area contributed by atoms with Crippen LogP contribution in [0.2, 0.25) is 18.1 Å². The van der Waals surface area contributed by atoms with Gasteiger partial charge in [-0.3, -0.25) is 9.59 Å². The van der Waals surface area contributed by atoms with Gasteiger partial charge in [0.2, 0.25) is 5.91 Å². The van der Waals surface area contributed by atoms with Crippen molar-refractivity contribution in [2.75, 3.05) is 20.2 Å². The fraction of sp³-hybridized carbons (Fsp3) is 0.882. The number of rotatable bonds is 4. The average Bonchev–Trinajstić information content (AvgIpc) is 3.26. The highest BCUT2D eigenvalue weighted by Crippen LogP contribution is 2.48. The minimum atomic E-state index is -1.77. The molecule has 1 amide bonds. The first-order valence-electron chi connectivity index (χ1n) is 8.59. The fourth-order valence-corrected chi connectivity index (χ4v) is 4.32. The Balaban J connectivity index is 1.90. The molecule has 0 aromatic rings. The lowest BCUT2D eigenvalue weighted by Crippen LogP contribution is -2.50. The number of carbonyl (C=O) groups is 2. The summed E-state index contributed by atoms with van der Waals surface area (Å²) in [6.45, 7) is 12.6. The number of ether oxygens (including phenoxy) is 1. The van der Waals surface area contributed by atoms with Gasteiger partial charge in [-0.25, -0.2) is 0 Å². The van der Waals surface area contributed by atoms with E-state index in [1.54, 1.807) is 0 Å². The Kier molecular flexibility index (Phi) is 4.98. The highest BCUT2D eigenvalue weighted by atomic mass is 28.4. The Morgan fingerprint density at radius 2 is 1.65 bits per heavy atom. The second-order valence-electron chi connectivity index (χ2n) is 8.44. The van der Waals surface area contributed by atoms with Crippen molar-refractivity contribution < 1.29 is 18.8 Å².